The van der Waals surface area contributed by atoms with Gasteiger partial charge in [-0.1, -0.05) is 18.5 Å². The molecule has 0 spiro atoms. The second kappa shape index (κ2) is 9.41. The zero-order valence-corrected chi connectivity index (χ0v) is 18.2. The first-order valence-corrected chi connectivity index (χ1v) is 10.7. The number of pyridine rings is 1. The standard InChI is InChI=1S/C23H30N2O5/c1-5-8-16(25-30-6-2)22-18(27)11-14(12-19(22)28)21-15-9-7-10-17(26)20(15)13(3)24-23(21)29-4/h14,27H,5-12H2,1-4H3/b25-16+. The number of hydrogen-bond acceptors (Lipinski definition) is 7. The van der Waals surface area contributed by atoms with Crippen LogP contribution in [-0.4, -0.2) is 41.1 Å². The van der Waals surface area contributed by atoms with Gasteiger partial charge in [-0.25, -0.2) is 4.98 Å². The van der Waals surface area contributed by atoms with Crippen LogP contribution in [-0.2, 0) is 16.1 Å². The summed E-state index contributed by atoms with van der Waals surface area (Å²) in [6.07, 6.45) is 3.83. The number of Topliss-reactive ketones (excluding diaryl/α,β-unsaturated/α-hetero) is 2. The van der Waals surface area contributed by atoms with Crippen molar-refractivity contribution >= 4 is 17.3 Å². The Morgan fingerprint density at radius 1 is 1.20 bits per heavy atom. The molecule has 1 aromatic rings. The van der Waals surface area contributed by atoms with Gasteiger partial charge in [0.1, 0.15) is 12.4 Å². The van der Waals surface area contributed by atoms with Gasteiger partial charge in [-0.3, -0.25) is 9.59 Å². The van der Waals surface area contributed by atoms with Crippen molar-refractivity contribution in [3.63, 3.8) is 0 Å². The number of methoxy groups -OCH3 is 1. The van der Waals surface area contributed by atoms with Crippen LogP contribution in [0.2, 0.25) is 0 Å². The molecule has 1 atom stereocenters. The molecule has 1 heterocycles. The molecule has 2 aliphatic rings. The molecule has 0 saturated heterocycles. The van der Waals surface area contributed by atoms with Gasteiger partial charge in [0.05, 0.1) is 24.1 Å². The molecule has 3 rings (SSSR count). The molecular weight excluding hydrogens is 384 g/mol. The summed E-state index contributed by atoms with van der Waals surface area (Å²) in [7, 11) is 1.54. The Hall–Kier alpha value is -2.70. The summed E-state index contributed by atoms with van der Waals surface area (Å²) < 4.78 is 5.54. The highest BCUT2D eigenvalue weighted by Gasteiger charge is 2.36. The van der Waals surface area contributed by atoms with E-state index in [0.717, 1.165) is 30.4 Å². The number of aliphatic hydroxyl groups is 1. The van der Waals surface area contributed by atoms with E-state index < -0.39 is 0 Å². The molecule has 1 unspecified atom stereocenters. The van der Waals surface area contributed by atoms with E-state index in [4.69, 9.17) is 9.57 Å². The summed E-state index contributed by atoms with van der Waals surface area (Å²) >= 11 is 0. The van der Waals surface area contributed by atoms with Crippen molar-refractivity contribution in [2.45, 2.75) is 71.6 Å². The molecule has 30 heavy (non-hydrogen) atoms. The molecule has 162 valence electrons. The Balaban J connectivity index is 2.06. The number of carbonyl (C=O) groups is 2. The maximum absolute atomic E-state index is 13.1. The third-order valence-corrected chi connectivity index (χ3v) is 5.72. The van der Waals surface area contributed by atoms with Gasteiger partial charge in [-0.2, -0.15) is 0 Å². The van der Waals surface area contributed by atoms with Gasteiger partial charge in [0.2, 0.25) is 5.88 Å². The normalized spacial score (nSPS) is 19.7. The van der Waals surface area contributed by atoms with Gasteiger partial charge in [0.25, 0.3) is 0 Å². The highest BCUT2D eigenvalue weighted by Crippen LogP contribution is 2.43. The van der Waals surface area contributed by atoms with Crippen LogP contribution in [0.5, 0.6) is 5.88 Å². The SMILES string of the molecule is CCC/C(=N\OCC)C1=C(O)CC(c2c(OC)nc(C)c3c2CCCC3=O)CC1=O. The topological polar surface area (TPSA) is 98.1 Å². The maximum atomic E-state index is 13.1. The smallest absolute Gasteiger partial charge is 0.217 e. The number of aryl methyl sites for hydroxylation is 1. The van der Waals surface area contributed by atoms with Crippen LogP contribution in [0, 0.1) is 6.92 Å². The first-order valence-electron chi connectivity index (χ1n) is 10.7. The molecule has 0 aliphatic heterocycles. The predicted molar refractivity (Wildman–Crippen MR) is 113 cm³/mol. The van der Waals surface area contributed by atoms with Crippen LogP contribution >= 0.6 is 0 Å². The Morgan fingerprint density at radius 2 is 1.97 bits per heavy atom. The summed E-state index contributed by atoms with van der Waals surface area (Å²) in [6, 6.07) is 0. The number of oxime groups is 1. The summed E-state index contributed by atoms with van der Waals surface area (Å²) in [5.74, 6) is 0.0725. The Kier molecular flexibility index (Phi) is 6.90. The molecule has 0 fully saturated rings. The van der Waals surface area contributed by atoms with E-state index in [0.29, 0.717) is 42.3 Å². The van der Waals surface area contributed by atoms with Gasteiger partial charge in [0, 0.05) is 36.3 Å². The second-order valence-corrected chi connectivity index (χ2v) is 7.81. The van der Waals surface area contributed by atoms with E-state index in [1.165, 1.54) is 0 Å². The van der Waals surface area contributed by atoms with Gasteiger partial charge >= 0.3 is 0 Å². The van der Waals surface area contributed by atoms with Crippen LogP contribution in [0.4, 0.5) is 0 Å². The molecule has 0 saturated carbocycles. The van der Waals surface area contributed by atoms with E-state index in [9.17, 15) is 14.7 Å². The number of nitrogens with zero attached hydrogens (tertiary/aromatic N) is 2. The average molecular weight is 415 g/mol. The van der Waals surface area contributed by atoms with Gasteiger partial charge in [-0.15, -0.1) is 0 Å². The predicted octanol–water partition coefficient (Wildman–Crippen LogP) is 4.37. The zero-order valence-electron chi connectivity index (χ0n) is 18.2. The van der Waals surface area contributed by atoms with E-state index in [-0.39, 0.29) is 41.7 Å². The highest BCUT2D eigenvalue weighted by molar-refractivity contribution is 6.23. The number of allylic oxidation sites excluding steroid dienone is 2. The van der Waals surface area contributed by atoms with Crippen LogP contribution in [0.1, 0.15) is 85.5 Å². The summed E-state index contributed by atoms with van der Waals surface area (Å²) in [5, 5.41) is 14.9. The molecular formula is C23H30N2O5. The molecule has 1 N–H and O–H groups in total. The molecule has 7 heteroatoms. The number of aliphatic hydroxyl groups excluding tert-OH is 1. The lowest BCUT2D eigenvalue weighted by atomic mass is 9.76. The van der Waals surface area contributed by atoms with Crippen molar-refractivity contribution in [1.82, 2.24) is 4.98 Å². The van der Waals surface area contributed by atoms with Crippen molar-refractivity contribution in [2.24, 2.45) is 5.16 Å². The third kappa shape index (κ3) is 4.11. The van der Waals surface area contributed by atoms with E-state index in [2.05, 4.69) is 10.1 Å². The van der Waals surface area contributed by atoms with Crippen molar-refractivity contribution in [1.29, 1.82) is 0 Å². The molecule has 0 radical (unpaired) electrons. The van der Waals surface area contributed by atoms with Crippen molar-refractivity contribution in [3.8, 4) is 5.88 Å². The largest absolute Gasteiger partial charge is 0.511 e. The maximum Gasteiger partial charge on any atom is 0.217 e. The summed E-state index contributed by atoms with van der Waals surface area (Å²) in [6.45, 7) is 6.02. The minimum atomic E-state index is -0.293. The lowest BCUT2D eigenvalue weighted by Crippen LogP contribution is -2.26. The number of hydrogen-bond donors (Lipinski definition) is 1. The lowest BCUT2D eigenvalue weighted by molar-refractivity contribution is -0.116. The Morgan fingerprint density at radius 3 is 2.60 bits per heavy atom. The minimum absolute atomic E-state index is 0.0154. The fourth-order valence-electron chi connectivity index (χ4n) is 4.53. The van der Waals surface area contributed by atoms with Gasteiger partial charge in [-0.05, 0) is 38.7 Å². The first kappa shape index (κ1) is 22.0. The van der Waals surface area contributed by atoms with E-state index >= 15 is 0 Å². The summed E-state index contributed by atoms with van der Waals surface area (Å²) in [5.41, 5.74) is 3.78. The molecule has 0 aromatic carbocycles. The average Bonchev–Trinajstić information content (AvgIpc) is 2.71. The first-order chi connectivity index (χ1) is 14.4. The number of fused-ring (bicyclic) bond motifs is 1. The van der Waals surface area contributed by atoms with Crippen LogP contribution in [0.25, 0.3) is 0 Å². The quantitative estimate of drug-likeness (QED) is 0.525. The molecule has 7 nitrogen and oxygen atoms in total. The number of ether oxygens (including phenoxy) is 1. The molecule has 0 bridgehead atoms. The molecule has 0 amide bonds. The van der Waals surface area contributed by atoms with Crippen LogP contribution < -0.4 is 4.74 Å². The number of ketones is 2. The number of aromatic nitrogens is 1. The lowest BCUT2D eigenvalue weighted by Gasteiger charge is -2.29. The van der Waals surface area contributed by atoms with Crippen molar-refractivity contribution < 1.29 is 24.3 Å². The van der Waals surface area contributed by atoms with E-state index in [1.807, 2.05) is 20.8 Å². The highest BCUT2D eigenvalue weighted by atomic mass is 16.6. The fraction of sp³-hybridized carbons (Fsp3) is 0.565. The molecule has 2 aliphatic carbocycles. The van der Waals surface area contributed by atoms with Gasteiger partial charge in [0.15, 0.2) is 11.6 Å². The fourth-order valence-corrected chi connectivity index (χ4v) is 4.53. The third-order valence-electron chi connectivity index (χ3n) is 5.72. The van der Waals surface area contributed by atoms with E-state index in [1.54, 1.807) is 7.11 Å². The van der Waals surface area contributed by atoms with Crippen molar-refractivity contribution in [3.05, 3.63) is 33.7 Å². The number of carbonyl (C=O) groups excluding carboxylic acids is 2. The Labute approximate surface area is 177 Å². The number of rotatable bonds is 7. The minimum Gasteiger partial charge on any atom is -0.511 e. The Bertz CT molecular complexity index is 917. The molecule has 1 aromatic heterocycles. The van der Waals surface area contributed by atoms with Crippen LogP contribution in [0.3, 0.4) is 0 Å². The van der Waals surface area contributed by atoms with Gasteiger partial charge < -0.3 is 14.7 Å². The van der Waals surface area contributed by atoms with Crippen molar-refractivity contribution in [2.75, 3.05) is 13.7 Å². The zero-order chi connectivity index (χ0) is 21.8. The monoisotopic (exact) mass is 414 g/mol. The summed E-state index contributed by atoms with van der Waals surface area (Å²) in [4.78, 5) is 35.3. The van der Waals surface area contributed by atoms with Crippen LogP contribution in [0.15, 0.2) is 16.5 Å². The second-order valence-electron chi connectivity index (χ2n) is 7.81.